The van der Waals surface area contributed by atoms with Crippen LogP contribution in [0.3, 0.4) is 0 Å². The summed E-state index contributed by atoms with van der Waals surface area (Å²) in [4.78, 5) is 43.6. The number of hydrogen-bond donors (Lipinski definition) is 1. The third-order valence-corrected chi connectivity index (χ3v) is 5.34. The first kappa shape index (κ1) is 21.5. The summed E-state index contributed by atoms with van der Waals surface area (Å²) in [5, 5.41) is 6.64. The molecule has 0 bridgehead atoms. The number of hydrogen-bond acceptors (Lipinski definition) is 7. The highest BCUT2D eigenvalue weighted by Gasteiger charge is 2.25. The molecular formula is C22H25N5O5. The monoisotopic (exact) mass is 439 g/mol. The van der Waals surface area contributed by atoms with Gasteiger partial charge in [0.05, 0.1) is 12.3 Å². The van der Waals surface area contributed by atoms with Crippen LogP contribution in [0.4, 0.5) is 5.69 Å². The average Bonchev–Trinajstić information content (AvgIpc) is 3.04. The van der Waals surface area contributed by atoms with Gasteiger partial charge in [-0.3, -0.25) is 18.7 Å². The zero-order valence-electron chi connectivity index (χ0n) is 18.1. The summed E-state index contributed by atoms with van der Waals surface area (Å²) >= 11 is 0. The largest absolute Gasteiger partial charge is 0.492 e. The molecule has 0 unspecified atom stereocenters. The standard InChI is InChI=1S/C22H25N5O5/c1-3-31-17-11-7-6-9-15(17)24-18(28)13-27-21(29)19(20-23-14(2)32-25-20)16-10-5-4-8-12-26(16)22(27)30/h6-7,9,11H,3-5,8,10,12-13H2,1-2H3,(H,24,28). The third kappa shape index (κ3) is 4.20. The minimum absolute atomic E-state index is 0.133. The molecule has 168 valence electrons. The molecule has 4 rings (SSSR count). The van der Waals surface area contributed by atoms with Gasteiger partial charge in [-0.05, 0) is 38.3 Å². The van der Waals surface area contributed by atoms with Crippen LogP contribution in [0.5, 0.6) is 5.75 Å². The molecule has 0 saturated carbocycles. The maximum Gasteiger partial charge on any atom is 0.331 e. The third-order valence-electron chi connectivity index (χ3n) is 5.34. The van der Waals surface area contributed by atoms with Crippen LogP contribution in [0.2, 0.25) is 0 Å². The lowest BCUT2D eigenvalue weighted by Gasteiger charge is -2.16. The lowest BCUT2D eigenvalue weighted by atomic mass is 10.1. The quantitative estimate of drug-likeness (QED) is 0.624. The molecule has 10 nitrogen and oxygen atoms in total. The normalized spacial score (nSPS) is 13.3. The molecule has 3 heterocycles. The SMILES string of the molecule is CCOc1ccccc1NC(=O)Cn1c(=O)c(-c2noc(C)n2)c2n(c1=O)CCCCC2. The van der Waals surface area contributed by atoms with Gasteiger partial charge in [-0.2, -0.15) is 4.98 Å². The number of aryl methyl sites for hydroxylation is 1. The summed E-state index contributed by atoms with van der Waals surface area (Å²) in [6.45, 7) is 3.93. The van der Waals surface area contributed by atoms with Crippen LogP contribution < -0.4 is 21.3 Å². The summed E-state index contributed by atoms with van der Waals surface area (Å²) in [5.41, 5.74) is 0.167. The number of fused-ring (bicyclic) bond motifs is 1. The molecule has 0 aliphatic carbocycles. The minimum atomic E-state index is -0.600. The van der Waals surface area contributed by atoms with Crippen molar-refractivity contribution in [1.82, 2.24) is 19.3 Å². The van der Waals surface area contributed by atoms with E-state index in [1.165, 1.54) is 0 Å². The van der Waals surface area contributed by atoms with Gasteiger partial charge in [-0.15, -0.1) is 0 Å². The molecule has 3 aromatic rings. The molecule has 0 radical (unpaired) electrons. The smallest absolute Gasteiger partial charge is 0.331 e. The Morgan fingerprint density at radius 2 is 2.03 bits per heavy atom. The predicted molar refractivity (Wildman–Crippen MR) is 117 cm³/mol. The summed E-state index contributed by atoms with van der Waals surface area (Å²) in [7, 11) is 0. The van der Waals surface area contributed by atoms with E-state index in [1.54, 1.807) is 35.8 Å². The molecule has 2 aromatic heterocycles. The minimum Gasteiger partial charge on any atom is -0.492 e. The summed E-state index contributed by atoms with van der Waals surface area (Å²) in [5.74, 6) is 0.446. The number of para-hydroxylation sites is 2. The van der Waals surface area contributed by atoms with Crippen LogP contribution in [-0.4, -0.2) is 31.8 Å². The fourth-order valence-electron chi connectivity index (χ4n) is 3.92. The molecule has 0 atom stereocenters. The number of carbonyl (C=O) groups is 1. The van der Waals surface area contributed by atoms with Gasteiger partial charge in [0.15, 0.2) is 0 Å². The molecule has 10 heteroatoms. The Bertz CT molecular complexity index is 1260. The zero-order chi connectivity index (χ0) is 22.7. The first-order chi connectivity index (χ1) is 15.5. The fourth-order valence-corrected chi connectivity index (χ4v) is 3.92. The summed E-state index contributed by atoms with van der Waals surface area (Å²) in [6, 6.07) is 6.99. The van der Waals surface area contributed by atoms with Crippen LogP contribution in [-0.2, 0) is 24.3 Å². The Morgan fingerprint density at radius 3 is 2.78 bits per heavy atom. The predicted octanol–water partition coefficient (Wildman–Crippen LogP) is 2.13. The number of carbonyl (C=O) groups excluding carboxylic acids is 1. The highest BCUT2D eigenvalue weighted by atomic mass is 16.5. The highest BCUT2D eigenvalue weighted by Crippen LogP contribution is 2.24. The Hall–Kier alpha value is -3.69. The van der Waals surface area contributed by atoms with E-state index in [-0.39, 0.29) is 11.4 Å². The van der Waals surface area contributed by atoms with E-state index in [0.29, 0.717) is 42.6 Å². The van der Waals surface area contributed by atoms with E-state index in [2.05, 4.69) is 15.5 Å². The van der Waals surface area contributed by atoms with Gasteiger partial charge < -0.3 is 14.6 Å². The van der Waals surface area contributed by atoms with Crippen molar-refractivity contribution in [2.24, 2.45) is 0 Å². The molecule has 1 aliphatic heterocycles. The Morgan fingerprint density at radius 1 is 1.22 bits per heavy atom. The number of nitrogens with zero attached hydrogens (tertiary/aromatic N) is 4. The van der Waals surface area contributed by atoms with Gasteiger partial charge in [0.25, 0.3) is 5.56 Å². The number of nitrogens with one attached hydrogen (secondary N) is 1. The lowest BCUT2D eigenvalue weighted by Crippen LogP contribution is -2.44. The van der Waals surface area contributed by atoms with E-state index >= 15 is 0 Å². The fraction of sp³-hybridized carbons (Fsp3) is 0.409. The maximum atomic E-state index is 13.4. The van der Waals surface area contributed by atoms with Gasteiger partial charge in [0, 0.05) is 19.2 Å². The van der Waals surface area contributed by atoms with Crippen molar-refractivity contribution in [3.63, 3.8) is 0 Å². The molecule has 32 heavy (non-hydrogen) atoms. The van der Waals surface area contributed by atoms with Crippen molar-refractivity contribution in [2.75, 3.05) is 11.9 Å². The Balaban J connectivity index is 1.75. The van der Waals surface area contributed by atoms with Crippen LogP contribution in [0.25, 0.3) is 11.4 Å². The van der Waals surface area contributed by atoms with Gasteiger partial charge in [0.2, 0.25) is 17.6 Å². The number of amides is 1. The van der Waals surface area contributed by atoms with Gasteiger partial charge >= 0.3 is 5.69 Å². The molecule has 0 saturated heterocycles. The van der Waals surface area contributed by atoms with E-state index in [4.69, 9.17) is 9.26 Å². The summed E-state index contributed by atoms with van der Waals surface area (Å²) in [6.07, 6.45) is 3.15. The highest BCUT2D eigenvalue weighted by molar-refractivity contribution is 5.92. The molecule has 1 N–H and O–H groups in total. The van der Waals surface area contributed by atoms with Crippen molar-refractivity contribution < 1.29 is 14.1 Å². The Kier molecular flexibility index (Phi) is 6.20. The van der Waals surface area contributed by atoms with E-state index in [0.717, 1.165) is 23.8 Å². The van der Waals surface area contributed by atoms with Gasteiger partial charge in [-0.25, -0.2) is 4.79 Å². The second-order valence-electron chi connectivity index (χ2n) is 7.57. The van der Waals surface area contributed by atoms with E-state index in [1.807, 2.05) is 6.92 Å². The first-order valence-electron chi connectivity index (χ1n) is 10.7. The molecule has 1 aromatic carbocycles. The molecular weight excluding hydrogens is 414 g/mol. The maximum absolute atomic E-state index is 13.4. The van der Waals surface area contributed by atoms with Gasteiger partial charge in [0.1, 0.15) is 17.9 Å². The second-order valence-corrected chi connectivity index (χ2v) is 7.57. The average molecular weight is 439 g/mol. The molecule has 0 fully saturated rings. The van der Waals surface area contributed by atoms with E-state index < -0.39 is 23.7 Å². The van der Waals surface area contributed by atoms with Crippen LogP contribution >= 0.6 is 0 Å². The topological polar surface area (TPSA) is 121 Å². The van der Waals surface area contributed by atoms with E-state index in [9.17, 15) is 14.4 Å². The van der Waals surface area contributed by atoms with Crippen molar-refractivity contribution in [3.8, 4) is 17.1 Å². The molecule has 0 spiro atoms. The van der Waals surface area contributed by atoms with Crippen molar-refractivity contribution >= 4 is 11.6 Å². The van der Waals surface area contributed by atoms with Crippen LogP contribution in [0, 0.1) is 6.92 Å². The lowest BCUT2D eigenvalue weighted by molar-refractivity contribution is -0.116. The van der Waals surface area contributed by atoms with Crippen molar-refractivity contribution in [1.29, 1.82) is 0 Å². The van der Waals surface area contributed by atoms with Crippen LogP contribution in [0.15, 0.2) is 38.4 Å². The number of aromatic nitrogens is 4. The van der Waals surface area contributed by atoms with Crippen LogP contribution in [0.1, 0.15) is 37.8 Å². The molecule has 1 aliphatic rings. The van der Waals surface area contributed by atoms with Crippen molar-refractivity contribution in [3.05, 3.63) is 56.7 Å². The Labute approximate surface area is 183 Å². The first-order valence-corrected chi connectivity index (χ1v) is 10.7. The van der Waals surface area contributed by atoms with Gasteiger partial charge in [-0.1, -0.05) is 23.7 Å². The second kappa shape index (κ2) is 9.21. The summed E-state index contributed by atoms with van der Waals surface area (Å²) < 4.78 is 13.1. The zero-order valence-corrected chi connectivity index (χ0v) is 18.1. The number of rotatable bonds is 6. The van der Waals surface area contributed by atoms with Crippen molar-refractivity contribution in [2.45, 2.75) is 52.6 Å². The number of benzene rings is 1. The number of anilines is 1. The number of ether oxygens (including phenoxy) is 1. The molecule has 1 amide bonds.